The summed E-state index contributed by atoms with van der Waals surface area (Å²) in [5.74, 6) is 0.124. The van der Waals surface area contributed by atoms with E-state index < -0.39 is 0 Å². The van der Waals surface area contributed by atoms with E-state index in [4.69, 9.17) is 4.42 Å². The number of hydrogen-bond donors (Lipinski definition) is 0. The molecule has 116 valence electrons. The fourth-order valence-electron chi connectivity index (χ4n) is 4.10. The van der Waals surface area contributed by atoms with Gasteiger partial charge in [-0.3, -0.25) is 4.79 Å². The summed E-state index contributed by atoms with van der Waals surface area (Å²) in [7, 11) is 2.14. The van der Waals surface area contributed by atoms with E-state index >= 15 is 0 Å². The lowest BCUT2D eigenvalue weighted by Crippen LogP contribution is -2.55. The van der Waals surface area contributed by atoms with Gasteiger partial charge in [0.05, 0.1) is 5.56 Å². The van der Waals surface area contributed by atoms with Crippen LogP contribution in [0, 0.1) is 5.41 Å². The molecule has 4 rings (SSSR count). The predicted octanol–water partition coefficient (Wildman–Crippen LogP) is 2.77. The van der Waals surface area contributed by atoms with Gasteiger partial charge in [0, 0.05) is 37.0 Å². The van der Waals surface area contributed by atoms with Crippen LogP contribution in [-0.2, 0) is 6.42 Å². The summed E-state index contributed by atoms with van der Waals surface area (Å²) in [5.41, 5.74) is 3.10. The highest BCUT2D eigenvalue weighted by Crippen LogP contribution is 2.39. The third kappa shape index (κ3) is 2.05. The van der Waals surface area contributed by atoms with Crippen molar-refractivity contribution in [3.8, 4) is 0 Å². The summed E-state index contributed by atoms with van der Waals surface area (Å²) in [4.78, 5) is 17.2. The number of furan rings is 1. The summed E-state index contributed by atoms with van der Waals surface area (Å²) in [6, 6.07) is 6.13. The van der Waals surface area contributed by atoms with Crippen LogP contribution in [0.15, 0.2) is 28.9 Å². The molecule has 0 N–H and O–H groups in total. The number of carbonyl (C=O) groups is 1. The molecule has 2 saturated heterocycles. The Morgan fingerprint density at radius 2 is 2.14 bits per heavy atom. The quantitative estimate of drug-likeness (QED) is 0.855. The molecule has 3 heterocycles. The molecule has 0 bridgehead atoms. The maximum absolute atomic E-state index is 12.9. The van der Waals surface area contributed by atoms with Gasteiger partial charge in [-0.1, -0.05) is 13.0 Å². The van der Waals surface area contributed by atoms with Crippen LogP contribution >= 0.6 is 0 Å². The molecule has 1 aromatic heterocycles. The predicted molar refractivity (Wildman–Crippen MR) is 86.0 cm³/mol. The van der Waals surface area contributed by atoms with Crippen molar-refractivity contribution < 1.29 is 9.21 Å². The lowest BCUT2D eigenvalue weighted by Gasteiger charge is -2.46. The van der Waals surface area contributed by atoms with Gasteiger partial charge in [-0.25, -0.2) is 0 Å². The molecule has 4 heteroatoms. The van der Waals surface area contributed by atoms with Crippen molar-refractivity contribution in [1.82, 2.24) is 9.80 Å². The molecular formula is C18H22N2O2. The Kier molecular flexibility index (Phi) is 3.05. The Labute approximate surface area is 130 Å². The summed E-state index contributed by atoms with van der Waals surface area (Å²) in [6.07, 6.45) is 3.72. The minimum absolute atomic E-state index is 0.124. The molecule has 0 radical (unpaired) electrons. The van der Waals surface area contributed by atoms with Crippen molar-refractivity contribution >= 4 is 16.9 Å². The highest BCUT2D eigenvalue weighted by Gasteiger charge is 2.47. The van der Waals surface area contributed by atoms with E-state index in [1.807, 2.05) is 11.0 Å². The molecule has 4 nitrogen and oxygen atoms in total. The molecule has 2 fully saturated rings. The zero-order valence-electron chi connectivity index (χ0n) is 13.3. The van der Waals surface area contributed by atoms with E-state index in [2.05, 4.69) is 31.0 Å². The fraction of sp³-hybridized carbons (Fsp3) is 0.500. The molecule has 0 saturated carbocycles. The highest BCUT2D eigenvalue weighted by molar-refractivity contribution is 6.06. The van der Waals surface area contributed by atoms with Gasteiger partial charge in [0.25, 0.3) is 5.91 Å². The molecule has 2 aliphatic rings. The molecule has 2 aliphatic heterocycles. The van der Waals surface area contributed by atoms with Crippen LogP contribution in [0.25, 0.3) is 11.0 Å². The molecule has 1 amide bonds. The van der Waals surface area contributed by atoms with Crippen LogP contribution in [0.1, 0.15) is 29.3 Å². The second-order valence-electron chi connectivity index (χ2n) is 6.98. The van der Waals surface area contributed by atoms with Gasteiger partial charge in [0.1, 0.15) is 11.8 Å². The SMILES string of the molecule is CCc1ccc2occ(C(=O)N3CCC4(CN(C)C4)C3)c2c1. The maximum atomic E-state index is 12.9. The molecule has 0 aliphatic carbocycles. The van der Waals surface area contributed by atoms with Gasteiger partial charge < -0.3 is 14.2 Å². The average molecular weight is 298 g/mol. The standard InChI is InChI=1S/C18H22N2O2/c1-3-13-4-5-16-14(8-13)15(9-22-16)17(21)20-7-6-18(12-20)10-19(2)11-18/h4-5,8-9H,3,6-7,10-12H2,1-2H3. The van der Waals surface area contributed by atoms with Crippen LogP contribution in [0.4, 0.5) is 0 Å². The first-order chi connectivity index (χ1) is 10.6. The number of hydrogen-bond acceptors (Lipinski definition) is 3. The molecule has 0 unspecified atom stereocenters. The van der Waals surface area contributed by atoms with E-state index in [0.29, 0.717) is 5.41 Å². The Balaban J connectivity index is 1.61. The van der Waals surface area contributed by atoms with Gasteiger partial charge >= 0.3 is 0 Å². The fourth-order valence-corrected chi connectivity index (χ4v) is 4.10. The molecule has 2 aromatic rings. The number of aryl methyl sites for hydroxylation is 1. The van der Waals surface area contributed by atoms with Crippen LogP contribution in [0.2, 0.25) is 0 Å². The second kappa shape index (κ2) is 4.85. The lowest BCUT2D eigenvalue weighted by atomic mass is 9.79. The van der Waals surface area contributed by atoms with Gasteiger partial charge in [-0.15, -0.1) is 0 Å². The number of nitrogens with zero attached hydrogens (tertiary/aromatic N) is 2. The summed E-state index contributed by atoms with van der Waals surface area (Å²) < 4.78 is 5.58. The Bertz CT molecular complexity index is 728. The third-order valence-electron chi connectivity index (χ3n) is 5.21. The third-order valence-corrected chi connectivity index (χ3v) is 5.21. The highest BCUT2D eigenvalue weighted by atomic mass is 16.3. The number of rotatable bonds is 2. The largest absolute Gasteiger partial charge is 0.463 e. The van der Waals surface area contributed by atoms with E-state index in [0.717, 1.165) is 55.6 Å². The Morgan fingerprint density at radius 1 is 1.32 bits per heavy atom. The normalized spacial score (nSPS) is 20.7. The van der Waals surface area contributed by atoms with E-state index in [-0.39, 0.29) is 5.91 Å². The van der Waals surface area contributed by atoms with Gasteiger partial charge in [0.2, 0.25) is 0 Å². The molecular weight excluding hydrogens is 276 g/mol. The smallest absolute Gasteiger partial charge is 0.257 e. The monoisotopic (exact) mass is 298 g/mol. The maximum Gasteiger partial charge on any atom is 0.257 e. The van der Waals surface area contributed by atoms with E-state index in [1.165, 1.54) is 5.56 Å². The minimum Gasteiger partial charge on any atom is -0.463 e. The minimum atomic E-state index is 0.124. The second-order valence-corrected chi connectivity index (χ2v) is 6.98. The first-order valence-electron chi connectivity index (χ1n) is 8.08. The molecule has 22 heavy (non-hydrogen) atoms. The van der Waals surface area contributed by atoms with Crippen molar-refractivity contribution in [3.63, 3.8) is 0 Å². The average Bonchev–Trinajstić information content (AvgIpc) is 3.10. The number of carbonyl (C=O) groups excluding carboxylic acids is 1. The van der Waals surface area contributed by atoms with Crippen LogP contribution in [0.3, 0.4) is 0 Å². The van der Waals surface area contributed by atoms with Crippen molar-refractivity contribution in [3.05, 3.63) is 35.6 Å². The Hall–Kier alpha value is -1.81. The van der Waals surface area contributed by atoms with E-state index in [1.54, 1.807) is 6.26 Å². The van der Waals surface area contributed by atoms with Crippen LogP contribution in [0.5, 0.6) is 0 Å². The number of likely N-dealkylation sites (tertiary alicyclic amines) is 2. The number of fused-ring (bicyclic) bond motifs is 1. The van der Waals surface area contributed by atoms with Gasteiger partial charge in [-0.2, -0.15) is 0 Å². The number of benzene rings is 1. The summed E-state index contributed by atoms with van der Waals surface area (Å²) in [6.45, 7) is 6.11. The summed E-state index contributed by atoms with van der Waals surface area (Å²) in [5, 5.41) is 0.955. The van der Waals surface area contributed by atoms with Crippen molar-refractivity contribution in [2.75, 3.05) is 33.2 Å². The van der Waals surface area contributed by atoms with Gasteiger partial charge in [0.15, 0.2) is 0 Å². The zero-order valence-corrected chi connectivity index (χ0v) is 13.3. The lowest BCUT2D eigenvalue weighted by molar-refractivity contribution is 0.0294. The number of amides is 1. The Morgan fingerprint density at radius 3 is 2.86 bits per heavy atom. The topological polar surface area (TPSA) is 36.7 Å². The molecule has 1 aromatic carbocycles. The zero-order chi connectivity index (χ0) is 15.3. The van der Waals surface area contributed by atoms with Crippen molar-refractivity contribution in [1.29, 1.82) is 0 Å². The van der Waals surface area contributed by atoms with Crippen LogP contribution in [-0.4, -0.2) is 48.9 Å². The first kappa shape index (κ1) is 13.8. The van der Waals surface area contributed by atoms with Crippen molar-refractivity contribution in [2.45, 2.75) is 19.8 Å². The van der Waals surface area contributed by atoms with Crippen LogP contribution < -0.4 is 0 Å². The molecule has 1 spiro atoms. The summed E-state index contributed by atoms with van der Waals surface area (Å²) >= 11 is 0. The molecule has 0 atom stereocenters. The van der Waals surface area contributed by atoms with Crippen molar-refractivity contribution in [2.24, 2.45) is 5.41 Å². The van der Waals surface area contributed by atoms with Gasteiger partial charge in [-0.05, 0) is 37.6 Å². The van der Waals surface area contributed by atoms with E-state index in [9.17, 15) is 4.79 Å². The first-order valence-corrected chi connectivity index (χ1v) is 8.08.